The molecule has 0 saturated carbocycles. The van der Waals surface area contributed by atoms with Crippen LogP contribution in [-0.2, 0) is 0 Å². The van der Waals surface area contributed by atoms with Gasteiger partial charge in [0, 0.05) is 12.1 Å². The molecule has 0 amide bonds. The van der Waals surface area contributed by atoms with E-state index in [4.69, 9.17) is 5.73 Å². The third-order valence-corrected chi connectivity index (χ3v) is 2.68. The largest absolute Gasteiger partial charge is 0.384 e. The Morgan fingerprint density at radius 3 is 2.60 bits per heavy atom. The smallest absolute Gasteiger partial charge is 0.128 e. The summed E-state index contributed by atoms with van der Waals surface area (Å²) in [5.74, 6) is 1.37. The van der Waals surface area contributed by atoms with E-state index in [0.29, 0.717) is 5.82 Å². The van der Waals surface area contributed by atoms with Crippen molar-refractivity contribution >= 4 is 11.6 Å². The summed E-state index contributed by atoms with van der Waals surface area (Å²) in [5, 5.41) is 3.27. The van der Waals surface area contributed by atoms with Gasteiger partial charge in [0.1, 0.15) is 11.6 Å². The lowest BCUT2D eigenvalue weighted by atomic mass is 10.0. The van der Waals surface area contributed by atoms with E-state index in [1.165, 1.54) is 0 Å². The maximum atomic E-state index is 5.60. The fourth-order valence-corrected chi connectivity index (χ4v) is 1.01. The Morgan fingerprint density at radius 1 is 1.40 bits per heavy atom. The predicted molar refractivity (Wildman–Crippen MR) is 64.9 cm³/mol. The van der Waals surface area contributed by atoms with Gasteiger partial charge in [-0.15, -0.1) is 0 Å². The predicted octanol–water partition coefficient (Wildman–Crippen LogP) is 1.42. The highest BCUT2D eigenvalue weighted by atomic mass is 15.2. The molecule has 0 spiro atoms. The van der Waals surface area contributed by atoms with E-state index < -0.39 is 0 Å². The van der Waals surface area contributed by atoms with Crippen molar-refractivity contribution in [2.45, 2.75) is 19.4 Å². The molecular formula is C11H20N4. The molecule has 0 aromatic carbocycles. The lowest BCUT2D eigenvalue weighted by Crippen LogP contribution is -2.44. The zero-order chi connectivity index (χ0) is 11.5. The van der Waals surface area contributed by atoms with Gasteiger partial charge in [-0.1, -0.05) is 6.07 Å². The minimum absolute atomic E-state index is 0.0896. The summed E-state index contributed by atoms with van der Waals surface area (Å²) < 4.78 is 0. The van der Waals surface area contributed by atoms with Gasteiger partial charge in [0.25, 0.3) is 0 Å². The molecule has 15 heavy (non-hydrogen) atoms. The first-order chi connectivity index (χ1) is 6.92. The summed E-state index contributed by atoms with van der Waals surface area (Å²) in [5.41, 5.74) is 5.69. The highest BCUT2D eigenvalue weighted by Gasteiger charge is 2.19. The Hall–Kier alpha value is -1.29. The summed E-state index contributed by atoms with van der Waals surface area (Å²) in [6, 6.07) is 5.59. The second kappa shape index (κ2) is 4.49. The number of nitrogens with two attached hydrogens (primary N) is 1. The molecule has 1 aromatic rings. The normalized spacial score (nSPS) is 11.8. The summed E-state index contributed by atoms with van der Waals surface area (Å²) in [4.78, 5) is 6.36. The van der Waals surface area contributed by atoms with Crippen LogP contribution in [0, 0.1) is 0 Å². The molecule has 0 aliphatic rings. The molecule has 84 valence electrons. The van der Waals surface area contributed by atoms with E-state index in [1.807, 2.05) is 12.1 Å². The van der Waals surface area contributed by atoms with Gasteiger partial charge in [0.05, 0.1) is 0 Å². The quantitative estimate of drug-likeness (QED) is 0.785. The molecule has 4 nitrogen and oxygen atoms in total. The number of aromatic nitrogens is 1. The SMILES string of the molecule is CN(C)C(C)(C)CNc1cccc(N)n1. The lowest BCUT2D eigenvalue weighted by Gasteiger charge is -2.32. The zero-order valence-electron chi connectivity index (χ0n) is 9.91. The lowest BCUT2D eigenvalue weighted by molar-refractivity contribution is 0.210. The molecule has 4 heteroatoms. The number of hydrogen-bond donors (Lipinski definition) is 2. The molecule has 0 fully saturated rings. The van der Waals surface area contributed by atoms with Crippen molar-refractivity contribution in [2.75, 3.05) is 31.7 Å². The highest BCUT2D eigenvalue weighted by molar-refractivity contribution is 5.42. The molecule has 0 unspecified atom stereocenters. The topological polar surface area (TPSA) is 54.2 Å². The number of pyridine rings is 1. The number of nitrogens with one attached hydrogen (secondary N) is 1. The van der Waals surface area contributed by atoms with E-state index in [9.17, 15) is 0 Å². The number of nitrogens with zero attached hydrogens (tertiary/aromatic N) is 2. The third-order valence-electron chi connectivity index (χ3n) is 2.68. The van der Waals surface area contributed by atoms with Crippen molar-refractivity contribution in [1.29, 1.82) is 0 Å². The van der Waals surface area contributed by atoms with Crippen molar-refractivity contribution < 1.29 is 0 Å². The highest BCUT2D eigenvalue weighted by Crippen LogP contribution is 2.12. The van der Waals surface area contributed by atoms with E-state index in [2.05, 4.69) is 43.1 Å². The van der Waals surface area contributed by atoms with Crippen molar-refractivity contribution in [2.24, 2.45) is 0 Å². The van der Waals surface area contributed by atoms with Crippen LogP contribution in [0.25, 0.3) is 0 Å². The van der Waals surface area contributed by atoms with E-state index >= 15 is 0 Å². The summed E-state index contributed by atoms with van der Waals surface area (Å²) in [7, 11) is 4.13. The van der Waals surface area contributed by atoms with Crippen LogP contribution in [0.2, 0.25) is 0 Å². The molecule has 1 rings (SSSR count). The van der Waals surface area contributed by atoms with Crippen LogP contribution in [0.3, 0.4) is 0 Å². The number of anilines is 2. The van der Waals surface area contributed by atoms with Crippen LogP contribution in [0.1, 0.15) is 13.8 Å². The molecule has 0 aliphatic heterocycles. The minimum atomic E-state index is 0.0896. The first-order valence-corrected chi connectivity index (χ1v) is 5.06. The Labute approximate surface area is 91.5 Å². The average Bonchev–Trinajstić information content (AvgIpc) is 2.15. The molecular weight excluding hydrogens is 188 g/mol. The van der Waals surface area contributed by atoms with Gasteiger partial charge in [0.2, 0.25) is 0 Å². The maximum absolute atomic E-state index is 5.60. The van der Waals surface area contributed by atoms with E-state index in [-0.39, 0.29) is 5.54 Å². The minimum Gasteiger partial charge on any atom is -0.384 e. The van der Waals surface area contributed by atoms with Crippen LogP contribution in [-0.4, -0.2) is 36.1 Å². The average molecular weight is 208 g/mol. The fraction of sp³-hybridized carbons (Fsp3) is 0.545. The standard InChI is InChI=1S/C11H20N4/c1-11(2,15(3)4)8-13-10-7-5-6-9(12)14-10/h5-7H,8H2,1-4H3,(H3,12,13,14). The van der Waals surface area contributed by atoms with E-state index in [0.717, 1.165) is 12.4 Å². The third kappa shape index (κ3) is 3.40. The molecule has 0 atom stereocenters. The molecule has 0 radical (unpaired) electrons. The second-order valence-corrected chi connectivity index (χ2v) is 4.51. The Kier molecular flexibility index (Phi) is 3.52. The van der Waals surface area contributed by atoms with Gasteiger partial charge in [-0.05, 0) is 40.1 Å². The molecule has 1 heterocycles. The van der Waals surface area contributed by atoms with Crippen LogP contribution in [0.5, 0.6) is 0 Å². The maximum Gasteiger partial charge on any atom is 0.128 e. The number of nitrogen functional groups attached to an aromatic ring is 1. The van der Waals surface area contributed by atoms with Gasteiger partial charge in [-0.2, -0.15) is 0 Å². The van der Waals surface area contributed by atoms with Crippen molar-refractivity contribution in [1.82, 2.24) is 9.88 Å². The Morgan fingerprint density at radius 2 is 2.07 bits per heavy atom. The summed E-state index contributed by atoms with van der Waals surface area (Å²) >= 11 is 0. The summed E-state index contributed by atoms with van der Waals surface area (Å²) in [6.45, 7) is 5.18. The molecule has 0 aliphatic carbocycles. The van der Waals surface area contributed by atoms with Crippen LogP contribution in [0.4, 0.5) is 11.6 Å². The molecule has 0 saturated heterocycles. The number of hydrogen-bond acceptors (Lipinski definition) is 4. The molecule has 1 aromatic heterocycles. The van der Waals surface area contributed by atoms with Gasteiger partial charge in [-0.25, -0.2) is 4.98 Å². The van der Waals surface area contributed by atoms with Gasteiger partial charge >= 0.3 is 0 Å². The van der Waals surface area contributed by atoms with Crippen LogP contribution < -0.4 is 11.1 Å². The molecule has 3 N–H and O–H groups in total. The number of rotatable bonds is 4. The monoisotopic (exact) mass is 208 g/mol. The van der Waals surface area contributed by atoms with Gasteiger partial charge in [0.15, 0.2) is 0 Å². The zero-order valence-corrected chi connectivity index (χ0v) is 9.91. The van der Waals surface area contributed by atoms with Gasteiger partial charge in [-0.3, -0.25) is 0 Å². The fourth-order valence-electron chi connectivity index (χ4n) is 1.01. The van der Waals surface area contributed by atoms with Gasteiger partial charge < -0.3 is 16.0 Å². The first-order valence-electron chi connectivity index (χ1n) is 5.06. The van der Waals surface area contributed by atoms with Crippen molar-refractivity contribution in [3.05, 3.63) is 18.2 Å². The Bertz CT molecular complexity index is 320. The number of likely N-dealkylation sites (N-methyl/N-ethyl adjacent to an activating group) is 1. The summed E-state index contributed by atoms with van der Waals surface area (Å²) in [6.07, 6.45) is 0. The van der Waals surface area contributed by atoms with Crippen LogP contribution in [0.15, 0.2) is 18.2 Å². The first kappa shape index (κ1) is 11.8. The van der Waals surface area contributed by atoms with E-state index in [1.54, 1.807) is 6.07 Å². The Balaban J connectivity index is 2.57. The molecule has 0 bridgehead atoms. The second-order valence-electron chi connectivity index (χ2n) is 4.51. The van der Waals surface area contributed by atoms with Crippen LogP contribution >= 0.6 is 0 Å². The van der Waals surface area contributed by atoms with Crippen molar-refractivity contribution in [3.8, 4) is 0 Å². The van der Waals surface area contributed by atoms with Crippen molar-refractivity contribution in [3.63, 3.8) is 0 Å².